The molecular formula is C24H22N2O6. The Balaban J connectivity index is 1.84. The number of aliphatic carboxylic acids is 1. The normalized spacial score (nSPS) is 12.0. The van der Waals surface area contributed by atoms with Crippen LogP contribution in [0.1, 0.15) is 21.7 Å². The van der Waals surface area contributed by atoms with E-state index in [-0.39, 0.29) is 17.9 Å². The van der Waals surface area contributed by atoms with Crippen LogP contribution in [0.5, 0.6) is 5.75 Å². The van der Waals surface area contributed by atoms with Gasteiger partial charge < -0.3 is 24.9 Å². The molecule has 1 aromatic heterocycles. The number of carboxylic acids is 1. The lowest BCUT2D eigenvalue weighted by Crippen LogP contribution is -2.45. The number of amides is 2. The number of ether oxygens (including phenoxy) is 1. The van der Waals surface area contributed by atoms with Gasteiger partial charge in [-0.05, 0) is 41.5 Å². The lowest BCUT2D eigenvalue weighted by molar-refractivity contribution is -0.141. The number of benzene rings is 2. The van der Waals surface area contributed by atoms with E-state index in [2.05, 4.69) is 10.6 Å². The minimum absolute atomic E-state index is 0.0116. The van der Waals surface area contributed by atoms with Gasteiger partial charge in [0, 0.05) is 6.42 Å². The summed E-state index contributed by atoms with van der Waals surface area (Å²) in [6, 6.07) is 17.5. The number of carboxylic acid groups (broad SMARTS) is 1. The van der Waals surface area contributed by atoms with Crippen LogP contribution in [0, 0.1) is 0 Å². The van der Waals surface area contributed by atoms with E-state index in [1.54, 1.807) is 54.6 Å². The predicted octanol–water partition coefficient (Wildman–Crippen LogP) is 2.87. The van der Waals surface area contributed by atoms with E-state index in [4.69, 9.17) is 9.15 Å². The second-order valence-electron chi connectivity index (χ2n) is 6.82. The minimum atomic E-state index is -1.19. The van der Waals surface area contributed by atoms with E-state index < -0.39 is 23.8 Å². The summed E-state index contributed by atoms with van der Waals surface area (Å²) in [4.78, 5) is 37.2. The summed E-state index contributed by atoms with van der Waals surface area (Å²) in [6.07, 6.45) is 2.86. The fraction of sp³-hybridized carbons (Fsp3) is 0.125. The van der Waals surface area contributed by atoms with Crippen molar-refractivity contribution >= 4 is 23.9 Å². The summed E-state index contributed by atoms with van der Waals surface area (Å²) in [7, 11) is 1.53. The molecule has 0 radical (unpaired) electrons. The van der Waals surface area contributed by atoms with Gasteiger partial charge in [0.1, 0.15) is 17.5 Å². The molecule has 3 N–H and O–H groups in total. The van der Waals surface area contributed by atoms with Gasteiger partial charge >= 0.3 is 5.97 Å². The van der Waals surface area contributed by atoms with Crippen LogP contribution in [0.2, 0.25) is 0 Å². The monoisotopic (exact) mass is 434 g/mol. The summed E-state index contributed by atoms with van der Waals surface area (Å²) in [6.45, 7) is 0. The van der Waals surface area contributed by atoms with Gasteiger partial charge in [0.05, 0.1) is 13.4 Å². The molecule has 8 nitrogen and oxygen atoms in total. The summed E-state index contributed by atoms with van der Waals surface area (Å²) in [5.41, 5.74) is 1.22. The van der Waals surface area contributed by atoms with Crippen molar-refractivity contribution < 1.29 is 28.6 Å². The molecule has 0 aliphatic carbocycles. The first kappa shape index (κ1) is 22.4. The molecule has 0 unspecified atom stereocenters. The van der Waals surface area contributed by atoms with Crippen LogP contribution in [0.15, 0.2) is 83.1 Å². The van der Waals surface area contributed by atoms with E-state index in [1.807, 2.05) is 6.07 Å². The predicted molar refractivity (Wildman–Crippen MR) is 117 cm³/mol. The Kier molecular flexibility index (Phi) is 7.42. The number of nitrogens with one attached hydrogen (secondary N) is 2. The minimum Gasteiger partial charge on any atom is -0.497 e. The van der Waals surface area contributed by atoms with Crippen molar-refractivity contribution in [2.75, 3.05) is 7.11 Å². The highest BCUT2D eigenvalue weighted by Gasteiger charge is 2.24. The molecule has 0 saturated heterocycles. The zero-order valence-corrected chi connectivity index (χ0v) is 17.3. The van der Waals surface area contributed by atoms with Gasteiger partial charge in [-0.3, -0.25) is 9.59 Å². The van der Waals surface area contributed by atoms with Crippen LogP contribution in [0.3, 0.4) is 0 Å². The topological polar surface area (TPSA) is 118 Å². The Morgan fingerprint density at radius 3 is 2.34 bits per heavy atom. The Morgan fingerprint density at radius 1 is 1.03 bits per heavy atom. The van der Waals surface area contributed by atoms with Gasteiger partial charge in [-0.1, -0.05) is 42.5 Å². The molecule has 0 saturated carbocycles. The highest BCUT2D eigenvalue weighted by atomic mass is 16.5. The summed E-state index contributed by atoms with van der Waals surface area (Å²) >= 11 is 0. The average Bonchev–Trinajstić information content (AvgIpc) is 3.34. The molecule has 3 rings (SSSR count). The Morgan fingerprint density at radius 2 is 1.75 bits per heavy atom. The van der Waals surface area contributed by atoms with Crippen molar-refractivity contribution in [1.29, 1.82) is 0 Å². The van der Waals surface area contributed by atoms with E-state index in [1.165, 1.54) is 25.5 Å². The Bertz CT molecular complexity index is 1090. The lowest BCUT2D eigenvalue weighted by Gasteiger charge is -2.16. The standard InChI is InChI=1S/C24H22N2O6/c1-31-18-11-9-17(10-12-18)14-19(25-23(28)21-8-5-13-32-21)22(27)26-20(24(29)30)15-16-6-3-2-4-7-16/h2-14,20H,15H2,1H3,(H,25,28)(H,26,27)(H,29,30)/b19-14-/t20-/m0/s1. The van der Waals surface area contributed by atoms with Gasteiger partial charge in [-0.2, -0.15) is 0 Å². The molecule has 2 aromatic carbocycles. The quantitative estimate of drug-likeness (QED) is 0.446. The molecule has 0 spiro atoms. The molecule has 0 aliphatic rings. The third kappa shape index (κ3) is 6.09. The Hall–Kier alpha value is -4.33. The number of hydrogen-bond donors (Lipinski definition) is 3. The van der Waals surface area contributed by atoms with E-state index >= 15 is 0 Å². The SMILES string of the molecule is COc1ccc(/C=C(\NC(=O)c2ccco2)C(=O)N[C@@H](Cc2ccccc2)C(=O)O)cc1. The third-order valence-electron chi connectivity index (χ3n) is 4.55. The van der Waals surface area contributed by atoms with Gasteiger partial charge in [0.15, 0.2) is 5.76 Å². The maximum Gasteiger partial charge on any atom is 0.326 e. The van der Waals surface area contributed by atoms with Crippen LogP contribution in [0.25, 0.3) is 6.08 Å². The molecule has 0 fully saturated rings. The van der Waals surface area contributed by atoms with Crippen LogP contribution < -0.4 is 15.4 Å². The van der Waals surface area contributed by atoms with Crippen LogP contribution >= 0.6 is 0 Å². The number of furan rings is 1. The van der Waals surface area contributed by atoms with Crippen LogP contribution in [0.4, 0.5) is 0 Å². The number of methoxy groups -OCH3 is 1. The summed E-state index contributed by atoms with van der Waals surface area (Å²) in [5.74, 6) is -1.94. The number of rotatable bonds is 9. The third-order valence-corrected chi connectivity index (χ3v) is 4.55. The molecule has 3 aromatic rings. The van der Waals surface area contributed by atoms with Crippen molar-refractivity contribution in [3.63, 3.8) is 0 Å². The number of carbonyl (C=O) groups excluding carboxylic acids is 2. The van der Waals surface area contributed by atoms with Crippen molar-refractivity contribution in [2.45, 2.75) is 12.5 Å². The largest absolute Gasteiger partial charge is 0.497 e. The van der Waals surface area contributed by atoms with E-state index in [0.717, 1.165) is 5.56 Å². The molecule has 164 valence electrons. The van der Waals surface area contributed by atoms with Crippen molar-refractivity contribution in [1.82, 2.24) is 10.6 Å². The van der Waals surface area contributed by atoms with Crippen molar-refractivity contribution in [2.24, 2.45) is 0 Å². The second kappa shape index (κ2) is 10.6. The molecule has 8 heteroatoms. The van der Waals surface area contributed by atoms with Crippen molar-refractivity contribution in [3.05, 3.63) is 95.6 Å². The smallest absolute Gasteiger partial charge is 0.326 e. The molecule has 2 amide bonds. The second-order valence-corrected chi connectivity index (χ2v) is 6.82. The highest BCUT2D eigenvalue weighted by molar-refractivity contribution is 6.05. The highest BCUT2D eigenvalue weighted by Crippen LogP contribution is 2.14. The first-order valence-corrected chi connectivity index (χ1v) is 9.74. The molecule has 32 heavy (non-hydrogen) atoms. The van der Waals surface area contributed by atoms with E-state index in [0.29, 0.717) is 11.3 Å². The number of carbonyl (C=O) groups is 3. The zero-order chi connectivity index (χ0) is 22.9. The van der Waals surface area contributed by atoms with Gasteiger partial charge in [-0.25, -0.2) is 4.79 Å². The fourth-order valence-electron chi connectivity index (χ4n) is 2.90. The maximum atomic E-state index is 13.0. The van der Waals surface area contributed by atoms with Gasteiger partial charge in [0.2, 0.25) is 0 Å². The van der Waals surface area contributed by atoms with Crippen LogP contribution in [-0.4, -0.2) is 36.0 Å². The van der Waals surface area contributed by atoms with Crippen LogP contribution in [-0.2, 0) is 16.0 Å². The molecular weight excluding hydrogens is 412 g/mol. The molecule has 0 bridgehead atoms. The molecule has 1 heterocycles. The summed E-state index contributed by atoms with van der Waals surface area (Å²) < 4.78 is 10.2. The maximum absolute atomic E-state index is 13.0. The first-order chi connectivity index (χ1) is 15.5. The fourth-order valence-corrected chi connectivity index (χ4v) is 2.90. The Labute approximate surface area is 184 Å². The van der Waals surface area contributed by atoms with Gasteiger partial charge in [0.25, 0.3) is 11.8 Å². The first-order valence-electron chi connectivity index (χ1n) is 9.74. The summed E-state index contributed by atoms with van der Waals surface area (Å²) in [5, 5.41) is 14.6. The lowest BCUT2D eigenvalue weighted by atomic mass is 10.1. The average molecular weight is 434 g/mol. The molecule has 1 atom stereocenters. The number of hydrogen-bond acceptors (Lipinski definition) is 5. The molecule has 0 aliphatic heterocycles. The zero-order valence-electron chi connectivity index (χ0n) is 17.3. The van der Waals surface area contributed by atoms with Gasteiger partial charge in [-0.15, -0.1) is 0 Å². The van der Waals surface area contributed by atoms with E-state index in [9.17, 15) is 19.5 Å². The van der Waals surface area contributed by atoms with Crippen molar-refractivity contribution in [3.8, 4) is 5.75 Å².